The van der Waals surface area contributed by atoms with Crippen LogP contribution in [0.4, 0.5) is 0 Å². The molecule has 0 saturated carbocycles. The van der Waals surface area contributed by atoms with Gasteiger partial charge in [-0.2, -0.15) is 4.98 Å². The van der Waals surface area contributed by atoms with E-state index in [1.54, 1.807) is 20.8 Å². The molecule has 0 atom stereocenters. The molecule has 0 radical (unpaired) electrons. The first-order valence-corrected chi connectivity index (χ1v) is 6.42. The van der Waals surface area contributed by atoms with E-state index in [1.165, 1.54) is 10.8 Å². The lowest BCUT2D eigenvalue weighted by molar-refractivity contribution is 0.352. The van der Waals surface area contributed by atoms with E-state index < -0.39 is 5.54 Å². The summed E-state index contributed by atoms with van der Waals surface area (Å²) >= 11 is 3.15. The van der Waals surface area contributed by atoms with E-state index in [0.29, 0.717) is 22.0 Å². The molecule has 2 heterocycles. The second kappa shape index (κ2) is 4.86. The van der Waals surface area contributed by atoms with E-state index in [0.717, 1.165) is 0 Å². The number of aryl methyl sites for hydroxylation is 1. The molecule has 2 aromatic rings. The zero-order chi connectivity index (χ0) is 14.2. The summed E-state index contributed by atoms with van der Waals surface area (Å²) in [5, 5.41) is 3.81. The fourth-order valence-electron chi connectivity index (χ4n) is 1.45. The SMILES string of the molecule is Cc1ncc(Br)c(=O)n1Cc1nc(C(C)(C)N)no1. The Bertz CT molecular complexity index is 656. The molecule has 0 aliphatic heterocycles. The zero-order valence-electron chi connectivity index (χ0n) is 10.8. The third-order valence-corrected chi connectivity index (χ3v) is 3.09. The highest BCUT2D eigenvalue weighted by molar-refractivity contribution is 9.10. The Morgan fingerprint density at radius 3 is 2.79 bits per heavy atom. The van der Waals surface area contributed by atoms with Crippen LogP contribution in [-0.4, -0.2) is 19.7 Å². The zero-order valence-corrected chi connectivity index (χ0v) is 12.4. The molecular weight excluding hydrogens is 314 g/mol. The fraction of sp³-hybridized carbons (Fsp3) is 0.455. The van der Waals surface area contributed by atoms with Gasteiger partial charge in [0.1, 0.15) is 16.8 Å². The lowest BCUT2D eigenvalue weighted by atomic mass is 10.1. The van der Waals surface area contributed by atoms with E-state index in [4.69, 9.17) is 10.3 Å². The molecule has 7 nitrogen and oxygen atoms in total. The Labute approximate surface area is 118 Å². The van der Waals surface area contributed by atoms with Gasteiger partial charge in [0.15, 0.2) is 5.82 Å². The van der Waals surface area contributed by atoms with Crippen LogP contribution in [0.25, 0.3) is 0 Å². The third kappa shape index (κ3) is 2.90. The van der Waals surface area contributed by atoms with Crippen LogP contribution in [0.5, 0.6) is 0 Å². The van der Waals surface area contributed by atoms with Crippen molar-refractivity contribution in [3.05, 3.63) is 38.6 Å². The maximum atomic E-state index is 12.0. The molecular formula is C11H14BrN5O2. The summed E-state index contributed by atoms with van der Waals surface area (Å²) in [4.78, 5) is 20.2. The molecule has 8 heteroatoms. The molecule has 102 valence electrons. The molecule has 19 heavy (non-hydrogen) atoms. The number of nitrogens with two attached hydrogens (primary N) is 1. The van der Waals surface area contributed by atoms with Crippen molar-refractivity contribution < 1.29 is 4.52 Å². The molecule has 0 aromatic carbocycles. The quantitative estimate of drug-likeness (QED) is 0.900. The molecule has 0 aliphatic rings. The molecule has 0 aliphatic carbocycles. The normalized spacial score (nSPS) is 11.8. The first-order valence-electron chi connectivity index (χ1n) is 5.63. The Hall–Kier alpha value is -1.54. The number of hydrogen-bond donors (Lipinski definition) is 1. The van der Waals surface area contributed by atoms with Gasteiger partial charge in [-0.15, -0.1) is 0 Å². The minimum atomic E-state index is -0.683. The molecule has 0 amide bonds. The Morgan fingerprint density at radius 1 is 1.53 bits per heavy atom. The standard InChI is InChI=1S/C11H14BrN5O2/c1-6-14-4-7(12)9(18)17(6)5-8-15-10(16-19-8)11(2,3)13/h4H,5,13H2,1-3H3. The third-order valence-electron chi connectivity index (χ3n) is 2.54. The minimum Gasteiger partial charge on any atom is -0.337 e. The van der Waals surface area contributed by atoms with Crippen molar-refractivity contribution >= 4 is 15.9 Å². The molecule has 2 N–H and O–H groups in total. The smallest absolute Gasteiger partial charge is 0.268 e. The van der Waals surface area contributed by atoms with Crippen LogP contribution in [0, 0.1) is 6.92 Å². The van der Waals surface area contributed by atoms with Gasteiger partial charge in [-0.25, -0.2) is 4.98 Å². The predicted molar refractivity (Wildman–Crippen MR) is 71.5 cm³/mol. The Morgan fingerprint density at radius 2 is 2.21 bits per heavy atom. The summed E-state index contributed by atoms with van der Waals surface area (Å²) in [5.74, 6) is 1.29. The van der Waals surface area contributed by atoms with E-state index in [-0.39, 0.29) is 12.1 Å². The molecule has 0 spiro atoms. The maximum Gasteiger partial charge on any atom is 0.268 e. The maximum absolute atomic E-state index is 12.0. The van der Waals surface area contributed by atoms with Crippen LogP contribution in [0.15, 0.2) is 20.0 Å². The Kier molecular flexibility index (Phi) is 3.55. The van der Waals surface area contributed by atoms with Gasteiger partial charge in [0.25, 0.3) is 5.56 Å². The van der Waals surface area contributed by atoms with Crippen molar-refractivity contribution in [2.24, 2.45) is 5.73 Å². The summed E-state index contributed by atoms with van der Waals surface area (Å²) in [6, 6.07) is 0. The van der Waals surface area contributed by atoms with Gasteiger partial charge in [0.05, 0.1) is 5.54 Å². The second-order valence-corrected chi connectivity index (χ2v) is 5.63. The average Bonchev–Trinajstić information content (AvgIpc) is 2.78. The van der Waals surface area contributed by atoms with Crippen molar-refractivity contribution in [1.82, 2.24) is 19.7 Å². The van der Waals surface area contributed by atoms with Crippen molar-refractivity contribution in [3.8, 4) is 0 Å². The van der Waals surface area contributed by atoms with Crippen LogP contribution in [0.1, 0.15) is 31.4 Å². The predicted octanol–water partition coefficient (Wildman–Crippen LogP) is 0.939. The molecule has 2 rings (SSSR count). The largest absolute Gasteiger partial charge is 0.337 e. The number of nitrogens with zero attached hydrogens (tertiary/aromatic N) is 4. The van der Waals surface area contributed by atoms with Gasteiger partial charge in [-0.3, -0.25) is 9.36 Å². The van der Waals surface area contributed by atoms with E-state index in [9.17, 15) is 4.79 Å². The van der Waals surface area contributed by atoms with Crippen molar-refractivity contribution in [2.45, 2.75) is 32.9 Å². The van der Waals surface area contributed by atoms with Gasteiger partial charge in [0, 0.05) is 6.20 Å². The van der Waals surface area contributed by atoms with Gasteiger partial charge >= 0.3 is 0 Å². The molecule has 0 unspecified atom stereocenters. The monoisotopic (exact) mass is 327 g/mol. The van der Waals surface area contributed by atoms with Crippen molar-refractivity contribution in [1.29, 1.82) is 0 Å². The number of rotatable bonds is 3. The Balaban J connectivity index is 2.35. The van der Waals surface area contributed by atoms with Crippen LogP contribution in [-0.2, 0) is 12.1 Å². The fourth-order valence-corrected chi connectivity index (χ4v) is 1.77. The highest BCUT2D eigenvalue weighted by Crippen LogP contribution is 2.13. The second-order valence-electron chi connectivity index (χ2n) is 4.78. The highest BCUT2D eigenvalue weighted by atomic mass is 79.9. The van der Waals surface area contributed by atoms with Gasteiger partial charge in [0.2, 0.25) is 5.89 Å². The number of halogens is 1. The van der Waals surface area contributed by atoms with Crippen LogP contribution >= 0.6 is 15.9 Å². The highest BCUT2D eigenvalue weighted by Gasteiger charge is 2.22. The van der Waals surface area contributed by atoms with E-state index in [2.05, 4.69) is 31.1 Å². The van der Waals surface area contributed by atoms with Gasteiger partial charge in [-0.05, 0) is 36.7 Å². The van der Waals surface area contributed by atoms with E-state index in [1.807, 2.05) is 0 Å². The van der Waals surface area contributed by atoms with Crippen molar-refractivity contribution in [3.63, 3.8) is 0 Å². The number of aromatic nitrogens is 4. The van der Waals surface area contributed by atoms with E-state index >= 15 is 0 Å². The first-order chi connectivity index (χ1) is 8.79. The van der Waals surface area contributed by atoms with Crippen LogP contribution in [0.3, 0.4) is 0 Å². The topological polar surface area (TPSA) is 99.8 Å². The summed E-state index contributed by atoms with van der Waals surface area (Å²) in [7, 11) is 0. The van der Waals surface area contributed by atoms with Gasteiger partial charge in [-0.1, -0.05) is 5.16 Å². The van der Waals surface area contributed by atoms with Crippen molar-refractivity contribution in [2.75, 3.05) is 0 Å². The molecule has 0 bridgehead atoms. The molecule has 0 saturated heterocycles. The minimum absolute atomic E-state index is 0.167. The van der Waals surface area contributed by atoms with Crippen LogP contribution in [0.2, 0.25) is 0 Å². The van der Waals surface area contributed by atoms with Crippen LogP contribution < -0.4 is 11.3 Å². The lowest BCUT2D eigenvalue weighted by Gasteiger charge is -2.11. The van der Waals surface area contributed by atoms with Gasteiger partial charge < -0.3 is 10.3 Å². The molecule has 0 fully saturated rings. The first kappa shape index (κ1) is 13.9. The average molecular weight is 328 g/mol. The summed E-state index contributed by atoms with van der Waals surface area (Å²) < 4.78 is 6.94. The summed E-state index contributed by atoms with van der Waals surface area (Å²) in [5.41, 5.74) is 5.00. The molecule has 2 aromatic heterocycles. The summed E-state index contributed by atoms with van der Waals surface area (Å²) in [6.07, 6.45) is 1.47. The lowest BCUT2D eigenvalue weighted by Crippen LogP contribution is -2.30. The summed E-state index contributed by atoms with van der Waals surface area (Å²) in [6.45, 7) is 5.46. The number of hydrogen-bond acceptors (Lipinski definition) is 6.